The second-order valence-corrected chi connectivity index (χ2v) is 15.4. The Morgan fingerprint density at radius 2 is 1.00 bits per heavy atom. The van der Waals surface area contributed by atoms with Crippen molar-refractivity contribution in [3.63, 3.8) is 0 Å². The third-order valence-corrected chi connectivity index (χ3v) is 12.2. The zero-order chi connectivity index (χ0) is 35.9. The minimum atomic E-state index is 0.155. The number of anilines is 2. The maximum Gasteiger partial charge on any atom is 0.0542 e. The molecule has 6 aromatic carbocycles. The quantitative estimate of drug-likeness (QED) is 0.171. The molecule has 0 aliphatic carbocycles. The number of rotatable bonds is 6. The van der Waals surface area contributed by atoms with Gasteiger partial charge >= 0.3 is 0 Å². The number of nitrogens with zero attached hydrogens (tertiary/aromatic N) is 3. The first kappa shape index (κ1) is 32.4. The first-order valence-electron chi connectivity index (χ1n) is 18.9. The van der Waals surface area contributed by atoms with Crippen LogP contribution in [0.15, 0.2) is 127 Å². The van der Waals surface area contributed by atoms with Crippen molar-refractivity contribution in [2.75, 3.05) is 4.90 Å². The molecule has 0 amide bonds. The van der Waals surface area contributed by atoms with Gasteiger partial charge in [-0.05, 0) is 142 Å². The van der Waals surface area contributed by atoms with Crippen LogP contribution in [0.4, 0.5) is 11.4 Å². The fourth-order valence-electron chi connectivity index (χ4n) is 8.68. The normalized spacial score (nSPS) is 13.4. The minimum absolute atomic E-state index is 0.155. The van der Waals surface area contributed by atoms with E-state index in [9.17, 15) is 0 Å². The van der Waals surface area contributed by atoms with Crippen molar-refractivity contribution in [3.05, 3.63) is 155 Å². The predicted molar refractivity (Wildman–Crippen MR) is 223 cm³/mol. The first-order chi connectivity index (χ1) is 25.2. The largest absolute Gasteiger partial charge is 0.315 e. The average molecular weight is 678 g/mol. The number of allylic oxidation sites excluding steroid dienone is 2. The van der Waals surface area contributed by atoms with Crippen LogP contribution in [0.3, 0.4) is 0 Å². The molecule has 3 heteroatoms. The molecule has 3 nitrogen and oxygen atoms in total. The van der Waals surface area contributed by atoms with Crippen LogP contribution in [0.2, 0.25) is 0 Å². The summed E-state index contributed by atoms with van der Waals surface area (Å²) >= 11 is 0. The smallest absolute Gasteiger partial charge is 0.0542 e. The standard InChI is InChI=1S/C49H47N3/c1-8-49(7,9-2)36-16-23-46-41(28-36)40-27-33(5)13-22-45(40)52(46)39-20-25-48-43(30-39)42-29-38(19-24-47(42)51(48)37-17-10-31(3)11-18-37)50-34(6)14-15-35-26-32(4)12-21-44(35)50/h10-14,16-30H,8-9,15H2,1-7H3. The number of benzene rings is 6. The van der Waals surface area contributed by atoms with Crippen LogP contribution < -0.4 is 4.90 Å². The summed E-state index contributed by atoms with van der Waals surface area (Å²) in [7, 11) is 0. The van der Waals surface area contributed by atoms with E-state index in [1.54, 1.807) is 0 Å². The molecule has 0 bridgehead atoms. The third-order valence-electron chi connectivity index (χ3n) is 12.2. The average Bonchev–Trinajstić information content (AvgIpc) is 3.66. The van der Waals surface area contributed by atoms with Crippen LogP contribution in [-0.4, -0.2) is 9.13 Å². The van der Waals surface area contributed by atoms with Crippen molar-refractivity contribution >= 4 is 55.0 Å². The van der Waals surface area contributed by atoms with Crippen molar-refractivity contribution in [3.8, 4) is 11.4 Å². The summed E-state index contributed by atoms with van der Waals surface area (Å²) in [4.78, 5) is 2.43. The molecule has 9 rings (SSSR count). The molecule has 2 aromatic heterocycles. The van der Waals surface area contributed by atoms with Crippen LogP contribution in [-0.2, 0) is 11.8 Å². The van der Waals surface area contributed by atoms with E-state index in [1.165, 1.54) is 99.9 Å². The summed E-state index contributed by atoms with van der Waals surface area (Å²) in [5.41, 5.74) is 17.8. The van der Waals surface area contributed by atoms with Gasteiger partial charge in [0.05, 0.1) is 22.1 Å². The van der Waals surface area contributed by atoms with E-state index >= 15 is 0 Å². The summed E-state index contributed by atoms with van der Waals surface area (Å²) < 4.78 is 4.92. The van der Waals surface area contributed by atoms with Crippen LogP contribution >= 0.6 is 0 Å². The Morgan fingerprint density at radius 3 is 1.69 bits per heavy atom. The Hall–Kier alpha value is -5.54. The van der Waals surface area contributed by atoms with Crippen molar-refractivity contribution in [2.24, 2.45) is 0 Å². The lowest BCUT2D eigenvalue weighted by atomic mass is 9.77. The lowest BCUT2D eigenvalue weighted by Crippen LogP contribution is -2.19. The van der Waals surface area contributed by atoms with Gasteiger partial charge in [0.2, 0.25) is 0 Å². The molecular weight excluding hydrogens is 631 g/mol. The maximum absolute atomic E-state index is 2.48. The van der Waals surface area contributed by atoms with Crippen LogP contribution in [0.1, 0.15) is 68.4 Å². The Morgan fingerprint density at radius 1 is 0.500 bits per heavy atom. The van der Waals surface area contributed by atoms with E-state index in [0.29, 0.717) is 0 Å². The van der Waals surface area contributed by atoms with Gasteiger partial charge in [0.15, 0.2) is 0 Å². The topological polar surface area (TPSA) is 13.1 Å². The molecular formula is C49H47N3. The molecule has 0 fully saturated rings. The number of aryl methyl sites for hydroxylation is 3. The molecule has 0 spiro atoms. The highest BCUT2D eigenvalue weighted by molar-refractivity contribution is 6.13. The Labute approximate surface area is 307 Å². The van der Waals surface area contributed by atoms with Gasteiger partial charge in [0.25, 0.3) is 0 Å². The molecule has 0 saturated heterocycles. The van der Waals surface area contributed by atoms with Gasteiger partial charge in [-0.25, -0.2) is 0 Å². The monoisotopic (exact) mass is 677 g/mol. The fraction of sp³-hybridized carbons (Fsp3) is 0.224. The summed E-state index contributed by atoms with van der Waals surface area (Å²) in [5, 5.41) is 5.15. The zero-order valence-electron chi connectivity index (χ0n) is 31.5. The van der Waals surface area contributed by atoms with Gasteiger partial charge in [-0.1, -0.05) is 79.9 Å². The summed E-state index contributed by atoms with van der Waals surface area (Å²) in [5.74, 6) is 0. The van der Waals surface area contributed by atoms with Crippen LogP contribution in [0.5, 0.6) is 0 Å². The SMILES string of the molecule is CCC(C)(CC)c1ccc2c(c1)c1cc(C)ccc1n2-c1ccc2c(c1)c1cc(N3C(C)=CCc4cc(C)ccc43)ccc1n2-c1ccc(C)cc1. The molecule has 0 N–H and O–H groups in total. The van der Waals surface area contributed by atoms with E-state index in [0.717, 1.165) is 19.3 Å². The van der Waals surface area contributed by atoms with Gasteiger partial charge in [-0.2, -0.15) is 0 Å². The van der Waals surface area contributed by atoms with E-state index in [-0.39, 0.29) is 5.41 Å². The third kappa shape index (κ3) is 4.93. The summed E-state index contributed by atoms with van der Waals surface area (Å²) in [6.45, 7) is 15.8. The van der Waals surface area contributed by atoms with E-state index in [4.69, 9.17) is 0 Å². The van der Waals surface area contributed by atoms with Gasteiger partial charge in [0.1, 0.15) is 0 Å². The zero-order valence-corrected chi connectivity index (χ0v) is 31.5. The van der Waals surface area contributed by atoms with E-state index in [1.807, 2.05) is 0 Å². The highest BCUT2D eigenvalue weighted by Crippen LogP contribution is 2.43. The second-order valence-electron chi connectivity index (χ2n) is 15.4. The fourth-order valence-corrected chi connectivity index (χ4v) is 8.68. The molecule has 3 heterocycles. The van der Waals surface area contributed by atoms with Crippen LogP contribution in [0, 0.1) is 20.8 Å². The van der Waals surface area contributed by atoms with Gasteiger partial charge in [-0.3, -0.25) is 0 Å². The van der Waals surface area contributed by atoms with Crippen molar-refractivity contribution in [2.45, 2.75) is 73.1 Å². The van der Waals surface area contributed by atoms with Gasteiger partial charge in [0, 0.05) is 50.0 Å². The molecule has 0 radical (unpaired) electrons. The van der Waals surface area contributed by atoms with Gasteiger partial charge in [-0.15, -0.1) is 0 Å². The number of hydrogen-bond donors (Lipinski definition) is 0. The van der Waals surface area contributed by atoms with E-state index < -0.39 is 0 Å². The Kier molecular flexibility index (Phi) is 7.48. The molecule has 1 aliphatic rings. The van der Waals surface area contributed by atoms with Crippen LogP contribution in [0.25, 0.3) is 55.0 Å². The second kappa shape index (κ2) is 12.0. The summed E-state index contributed by atoms with van der Waals surface area (Å²) in [6, 6.07) is 44.1. The summed E-state index contributed by atoms with van der Waals surface area (Å²) in [6.07, 6.45) is 5.56. The molecule has 1 aliphatic heterocycles. The Balaban J connectivity index is 1.31. The molecule has 0 unspecified atom stereocenters. The molecule has 8 aromatic rings. The van der Waals surface area contributed by atoms with Crippen molar-refractivity contribution in [1.82, 2.24) is 9.13 Å². The molecule has 0 atom stereocenters. The lowest BCUT2D eigenvalue weighted by molar-refractivity contribution is 0.439. The number of hydrogen-bond acceptors (Lipinski definition) is 1. The molecule has 0 saturated carbocycles. The Bertz CT molecular complexity index is 2730. The first-order valence-corrected chi connectivity index (χ1v) is 18.9. The van der Waals surface area contributed by atoms with Crippen molar-refractivity contribution in [1.29, 1.82) is 0 Å². The minimum Gasteiger partial charge on any atom is -0.315 e. The number of aromatic nitrogens is 2. The molecule has 258 valence electrons. The maximum atomic E-state index is 2.48. The molecule has 52 heavy (non-hydrogen) atoms. The number of fused-ring (bicyclic) bond motifs is 7. The van der Waals surface area contributed by atoms with Gasteiger partial charge < -0.3 is 14.0 Å². The predicted octanol–water partition coefficient (Wildman–Crippen LogP) is 13.5. The highest BCUT2D eigenvalue weighted by Gasteiger charge is 2.25. The van der Waals surface area contributed by atoms with E-state index in [2.05, 4.69) is 184 Å². The lowest BCUT2D eigenvalue weighted by Gasteiger charge is -2.31. The highest BCUT2D eigenvalue weighted by atomic mass is 15.2. The van der Waals surface area contributed by atoms with Crippen molar-refractivity contribution < 1.29 is 0 Å².